The Morgan fingerprint density at radius 3 is 2.74 bits per heavy atom. The summed E-state index contributed by atoms with van der Waals surface area (Å²) >= 11 is 0. The predicted octanol–water partition coefficient (Wildman–Crippen LogP) is 3.19. The summed E-state index contributed by atoms with van der Waals surface area (Å²) in [4.78, 5) is 11.0. The number of ether oxygens (including phenoxy) is 1. The van der Waals surface area contributed by atoms with E-state index in [1.165, 1.54) is 31.2 Å². The van der Waals surface area contributed by atoms with E-state index in [0.29, 0.717) is 6.10 Å². The minimum Gasteiger partial charge on any atom is -0.474 e. The van der Waals surface area contributed by atoms with Crippen molar-refractivity contribution in [2.24, 2.45) is 4.99 Å². The van der Waals surface area contributed by atoms with E-state index in [9.17, 15) is 0 Å². The predicted molar refractivity (Wildman–Crippen MR) is 104 cm³/mol. The van der Waals surface area contributed by atoms with Crippen molar-refractivity contribution in [1.29, 1.82) is 0 Å². The number of nitrogens with one attached hydrogen (secondary N) is 1. The Bertz CT molecular complexity index is 511. The molecule has 1 aliphatic carbocycles. The molecule has 6 heteroatoms. The molecule has 5 nitrogen and oxygen atoms in total. The zero-order chi connectivity index (χ0) is 15.2. The average molecular weight is 430 g/mol. The van der Waals surface area contributed by atoms with Crippen molar-refractivity contribution in [2.75, 3.05) is 20.1 Å². The highest BCUT2D eigenvalue weighted by atomic mass is 127. The molecule has 2 aliphatic rings. The number of hydrogen-bond acceptors (Lipinski definition) is 3. The maximum absolute atomic E-state index is 5.97. The maximum Gasteiger partial charge on any atom is 0.213 e. The van der Waals surface area contributed by atoms with Crippen LogP contribution in [0.15, 0.2) is 23.3 Å². The summed E-state index contributed by atoms with van der Waals surface area (Å²) in [5, 5.41) is 3.44. The molecule has 0 unspecified atom stereocenters. The lowest BCUT2D eigenvalue weighted by molar-refractivity contribution is 0.201. The van der Waals surface area contributed by atoms with Crippen molar-refractivity contribution < 1.29 is 4.74 Å². The molecule has 0 amide bonds. The van der Waals surface area contributed by atoms with Crippen LogP contribution in [0.1, 0.15) is 44.1 Å². The zero-order valence-corrected chi connectivity index (χ0v) is 16.2. The largest absolute Gasteiger partial charge is 0.474 e. The molecule has 2 heterocycles. The summed E-state index contributed by atoms with van der Waals surface area (Å²) in [6.07, 6.45) is 9.58. The summed E-state index contributed by atoms with van der Waals surface area (Å²) in [6.45, 7) is 2.96. The van der Waals surface area contributed by atoms with Gasteiger partial charge in [0.05, 0.1) is 0 Å². The first-order valence-corrected chi connectivity index (χ1v) is 8.42. The van der Waals surface area contributed by atoms with Crippen molar-refractivity contribution in [1.82, 2.24) is 15.2 Å². The molecule has 1 aromatic heterocycles. The van der Waals surface area contributed by atoms with Crippen LogP contribution >= 0.6 is 24.0 Å². The zero-order valence-electron chi connectivity index (χ0n) is 13.8. The first-order valence-electron chi connectivity index (χ1n) is 8.42. The van der Waals surface area contributed by atoms with E-state index in [4.69, 9.17) is 4.74 Å². The molecule has 1 saturated carbocycles. The van der Waals surface area contributed by atoms with E-state index in [-0.39, 0.29) is 24.0 Å². The molecule has 0 spiro atoms. The van der Waals surface area contributed by atoms with E-state index >= 15 is 0 Å². The molecule has 1 saturated heterocycles. The number of aliphatic imine (C=N–C) groups is 1. The molecule has 1 aliphatic heterocycles. The summed E-state index contributed by atoms with van der Waals surface area (Å²) in [5.41, 5.74) is 1.18. The Morgan fingerprint density at radius 1 is 1.30 bits per heavy atom. The average Bonchev–Trinajstić information content (AvgIpc) is 3.22. The second-order valence-corrected chi connectivity index (χ2v) is 6.12. The molecule has 0 bridgehead atoms. The van der Waals surface area contributed by atoms with Crippen LogP contribution in [0.5, 0.6) is 5.88 Å². The van der Waals surface area contributed by atoms with Crippen LogP contribution in [0.25, 0.3) is 0 Å². The van der Waals surface area contributed by atoms with Gasteiger partial charge in [-0.25, -0.2) is 4.98 Å². The van der Waals surface area contributed by atoms with Gasteiger partial charge >= 0.3 is 0 Å². The molecule has 0 atom stereocenters. The first-order chi connectivity index (χ1) is 10.8. The van der Waals surface area contributed by atoms with Gasteiger partial charge in [-0.3, -0.25) is 4.99 Å². The Kier molecular flexibility index (Phi) is 7.39. The van der Waals surface area contributed by atoms with Crippen LogP contribution in [-0.4, -0.2) is 42.1 Å². The topological polar surface area (TPSA) is 49.8 Å². The van der Waals surface area contributed by atoms with Crippen molar-refractivity contribution in [3.05, 3.63) is 23.9 Å². The van der Waals surface area contributed by atoms with Crippen LogP contribution in [0, 0.1) is 0 Å². The minimum absolute atomic E-state index is 0. The van der Waals surface area contributed by atoms with Gasteiger partial charge in [-0.2, -0.15) is 0 Å². The lowest BCUT2D eigenvalue weighted by Crippen LogP contribution is -2.39. The molecule has 1 N–H and O–H groups in total. The van der Waals surface area contributed by atoms with Gasteiger partial charge in [0.25, 0.3) is 0 Å². The number of halogens is 1. The van der Waals surface area contributed by atoms with Gasteiger partial charge in [-0.05, 0) is 50.2 Å². The van der Waals surface area contributed by atoms with Crippen molar-refractivity contribution >= 4 is 29.9 Å². The Labute approximate surface area is 155 Å². The van der Waals surface area contributed by atoms with Gasteiger partial charge in [0, 0.05) is 38.9 Å². The monoisotopic (exact) mass is 430 g/mol. The molecule has 3 rings (SSSR count). The second kappa shape index (κ2) is 9.30. The number of hydrogen-bond donors (Lipinski definition) is 1. The van der Waals surface area contributed by atoms with Gasteiger partial charge in [-0.15, -0.1) is 24.0 Å². The highest BCUT2D eigenvalue weighted by Gasteiger charge is 2.17. The Hall–Kier alpha value is -1.05. The number of aromatic nitrogens is 1. The van der Waals surface area contributed by atoms with Crippen LogP contribution in [0.4, 0.5) is 0 Å². The van der Waals surface area contributed by atoms with Gasteiger partial charge in [0.1, 0.15) is 6.10 Å². The summed E-state index contributed by atoms with van der Waals surface area (Å²) in [5.74, 6) is 1.75. The standard InChI is InChI=1S/C17H26N4O.HI/c1-18-17(21-10-4-5-11-21)20-13-14-8-9-19-16(12-14)22-15-6-2-3-7-15;/h8-9,12,15H,2-7,10-11,13H2,1H3,(H,18,20);1H. The SMILES string of the molecule is CN=C(NCc1ccnc(OC2CCCC2)c1)N1CCCC1.I. The second-order valence-electron chi connectivity index (χ2n) is 6.12. The van der Waals surface area contributed by atoms with Crippen molar-refractivity contribution in [2.45, 2.75) is 51.2 Å². The van der Waals surface area contributed by atoms with E-state index in [1.54, 1.807) is 0 Å². The molecule has 128 valence electrons. The fraction of sp³-hybridized carbons (Fsp3) is 0.647. The number of likely N-dealkylation sites (tertiary alicyclic amines) is 1. The smallest absolute Gasteiger partial charge is 0.213 e. The lowest BCUT2D eigenvalue weighted by Gasteiger charge is -2.21. The number of pyridine rings is 1. The van der Waals surface area contributed by atoms with E-state index in [1.807, 2.05) is 25.4 Å². The molecule has 23 heavy (non-hydrogen) atoms. The first kappa shape index (κ1) is 18.3. The van der Waals surface area contributed by atoms with Crippen LogP contribution in [0.3, 0.4) is 0 Å². The number of nitrogens with zero attached hydrogens (tertiary/aromatic N) is 3. The quantitative estimate of drug-likeness (QED) is 0.453. The van der Waals surface area contributed by atoms with Crippen LogP contribution in [0.2, 0.25) is 0 Å². The van der Waals surface area contributed by atoms with Gasteiger partial charge in [0.2, 0.25) is 5.88 Å². The van der Waals surface area contributed by atoms with Gasteiger partial charge < -0.3 is 15.0 Å². The number of guanidine groups is 1. The van der Waals surface area contributed by atoms with E-state index < -0.39 is 0 Å². The third-order valence-electron chi connectivity index (χ3n) is 4.46. The van der Waals surface area contributed by atoms with E-state index in [2.05, 4.69) is 20.2 Å². The summed E-state index contributed by atoms with van der Waals surface area (Å²) < 4.78 is 5.97. The van der Waals surface area contributed by atoms with Gasteiger partial charge in [-0.1, -0.05) is 0 Å². The molecular formula is C17H27IN4O. The lowest BCUT2D eigenvalue weighted by atomic mass is 10.2. The molecule has 0 radical (unpaired) electrons. The fourth-order valence-electron chi connectivity index (χ4n) is 3.24. The summed E-state index contributed by atoms with van der Waals surface area (Å²) in [7, 11) is 1.85. The third kappa shape index (κ3) is 5.22. The van der Waals surface area contributed by atoms with Crippen LogP contribution in [-0.2, 0) is 6.54 Å². The minimum atomic E-state index is 0. The molecular weight excluding hydrogens is 403 g/mol. The summed E-state index contributed by atoms with van der Waals surface area (Å²) in [6, 6.07) is 4.08. The third-order valence-corrected chi connectivity index (χ3v) is 4.46. The highest BCUT2D eigenvalue weighted by Crippen LogP contribution is 2.23. The van der Waals surface area contributed by atoms with Crippen LogP contribution < -0.4 is 10.1 Å². The number of rotatable bonds is 4. The molecule has 2 fully saturated rings. The molecule has 1 aromatic rings. The fourth-order valence-corrected chi connectivity index (χ4v) is 3.24. The van der Waals surface area contributed by atoms with E-state index in [0.717, 1.165) is 44.3 Å². The Balaban J connectivity index is 0.00000192. The van der Waals surface area contributed by atoms with Gasteiger partial charge in [0.15, 0.2) is 5.96 Å². The normalized spacial score (nSPS) is 18.8. The Morgan fingerprint density at radius 2 is 2.04 bits per heavy atom. The molecule has 0 aromatic carbocycles. The van der Waals surface area contributed by atoms with Crippen molar-refractivity contribution in [3.8, 4) is 5.88 Å². The highest BCUT2D eigenvalue weighted by molar-refractivity contribution is 14.0. The van der Waals surface area contributed by atoms with Crippen molar-refractivity contribution in [3.63, 3.8) is 0 Å². The maximum atomic E-state index is 5.97.